The lowest BCUT2D eigenvalue weighted by molar-refractivity contribution is -0.124. The van der Waals surface area contributed by atoms with Crippen LogP contribution in [0.15, 0.2) is 59.1 Å². The van der Waals surface area contributed by atoms with E-state index >= 15 is 0 Å². The molecule has 2 aliphatic heterocycles. The number of halogens is 2. The van der Waals surface area contributed by atoms with Gasteiger partial charge in [0.15, 0.2) is 0 Å². The van der Waals surface area contributed by atoms with E-state index in [9.17, 15) is 9.90 Å². The summed E-state index contributed by atoms with van der Waals surface area (Å²) in [6.07, 6.45) is 7.26. The molecule has 184 valence electrons. The predicted molar refractivity (Wildman–Crippen MR) is 143 cm³/mol. The highest BCUT2D eigenvalue weighted by Gasteiger charge is 2.22. The molecule has 0 saturated carbocycles. The van der Waals surface area contributed by atoms with Gasteiger partial charge in [-0.25, -0.2) is 0 Å². The van der Waals surface area contributed by atoms with Crippen molar-refractivity contribution in [1.82, 2.24) is 9.80 Å². The van der Waals surface area contributed by atoms with E-state index in [0.29, 0.717) is 18.2 Å². The maximum Gasteiger partial charge on any atom is 0.246 e. The van der Waals surface area contributed by atoms with Gasteiger partial charge in [-0.2, -0.15) is 0 Å². The SMILES string of the molecule is Cl.O=C(C=Cc1ccccc1OCC(O)CN1CCC(c2ccc(Br)cc2)CC1)N1CCCC1. The number of rotatable bonds is 8. The number of carbonyl (C=O) groups is 1. The molecule has 5 nitrogen and oxygen atoms in total. The van der Waals surface area contributed by atoms with E-state index in [1.807, 2.05) is 35.2 Å². The lowest BCUT2D eigenvalue weighted by atomic mass is 9.89. The van der Waals surface area contributed by atoms with Gasteiger partial charge >= 0.3 is 0 Å². The minimum atomic E-state index is -0.558. The minimum Gasteiger partial charge on any atom is -0.490 e. The molecule has 2 aliphatic rings. The van der Waals surface area contributed by atoms with Crippen LogP contribution in [0.4, 0.5) is 0 Å². The number of benzene rings is 2. The number of ether oxygens (including phenoxy) is 1. The second-order valence-electron chi connectivity index (χ2n) is 8.99. The van der Waals surface area contributed by atoms with E-state index in [1.54, 1.807) is 6.08 Å². The molecule has 2 saturated heterocycles. The number of hydrogen-bond donors (Lipinski definition) is 1. The summed E-state index contributed by atoms with van der Waals surface area (Å²) in [4.78, 5) is 16.5. The molecule has 2 heterocycles. The Morgan fingerprint density at radius 1 is 1.06 bits per heavy atom. The summed E-state index contributed by atoms with van der Waals surface area (Å²) in [6.45, 7) is 4.49. The predicted octanol–water partition coefficient (Wildman–Crippen LogP) is 5.13. The molecular formula is C27H34BrClN2O3. The summed E-state index contributed by atoms with van der Waals surface area (Å²) in [7, 11) is 0. The number of para-hydroxylation sites is 1. The standard InChI is InChI=1S/C27H33BrN2O3.ClH/c28-24-10-7-21(8-11-24)22-13-17-29(18-14-22)19-25(31)20-33-26-6-2-1-5-23(26)9-12-27(32)30-15-3-4-16-30;/h1-2,5-12,22,25,31H,3-4,13-20H2;1H. The molecule has 1 N–H and O–H groups in total. The Morgan fingerprint density at radius 2 is 1.74 bits per heavy atom. The third kappa shape index (κ3) is 7.57. The highest BCUT2D eigenvalue weighted by Crippen LogP contribution is 2.29. The highest BCUT2D eigenvalue weighted by atomic mass is 79.9. The molecule has 0 bridgehead atoms. The quantitative estimate of drug-likeness (QED) is 0.464. The minimum absolute atomic E-state index is 0. The van der Waals surface area contributed by atoms with Gasteiger partial charge in [0, 0.05) is 35.7 Å². The van der Waals surface area contributed by atoms with Gasteiger partial charge in [0.1, 0.15) is 18.5 Å². The van der Waals surface area contributed by atoms with Crippen molar-refractivity contribution in [2.24, 2.45) is 0 Å². The fraction of sp³-hybridized carbons (Fsp3) is 0.444. The number of amides is 1. The second-order valence-corrected chi connectivity index (χ2v) is 9.91. The highest BCUT2D eigenvalue weighted by molar-refractivity contribution is 9.10. The van der Waals surface area contributed by atoms with E-state index in [2.05, 4.69) is 45.1 Å². The van der Waals surface area contributed by atoms with Crippen LogP contribution < -0.4 is 4.74 Å². The third-order valence-corrected chi connectivity index (χ3v) is 7.10. The van der Waals surface area contributed by atoms with Gasteiger partial charge in [-0.05, 0) is 74.5 Å². The number of aliphatic hydroxyl groups excluding tert-OH is 1. The Labute approximate surface area is 217 Å². The van der Waals surface area contributed by atoms with Crippen molar-refractivity contribution in [2.75, 3.05) is 39.3 Å². The van der Waals surface area contributed by atoms with Gasteiger partial charge in [-0.3, -0.25) is 4.79 Å². The summed E-state index contributed by atoms with van der Waals surface area (Å²) in [6, 6.07) is 16.3. The zero-order chi connectivity index (χ0) is 23.0. The van der Waals surface area contributed by atoms with Crippen LogP contribution in [-0.4, -0.2) is 66.2 Å². The number of hydrogen-bond acceptors (Lipinski definition) is 4. The lowest BCUT2D eigenvalue weighted by Gasteiger charge is -2.33. The van der Waals surface area contributed by atoms with Crippen molar-refractivity contribution < 1.29 is 14.6 Å². The molecule has 2 aromatic rings. The largest absolute Gasteiger partial charge is 0.490 e. The zero-order valence-electron chi connectivity index (χ0n) is 19.4. The van der Waals surface area contributed by atoms with Gasteiger partial charge in [-0.1, -0.05) is 46.3 Å². The van der Waals surface area contributed by atoms with Crippen molar-refractivity contribution in [1.29, 1.82) is 0 Å². The Bertz CT molecular complexity index is 939. The second kappa shape index (κ2) is 13.3. The van der Waals surface area contributed by atoms with Crippen molar-refractivity contribution in [3.63, 3.8) is 0 Å². The Hall–Kier alpha value is -1.86. The molecule has 0 spiro atoms. The topological polar surface area (TPSA) is 53.0 Å². The van der Waals surface area contributed by atoms with Crippen LogP contribution in [0.2, 0.25) is 0 Å². The Balaban J connectivity index is 0.00000324. The van der Waals surface area contributed by atoms with Crippen LogP contribution in [0.25, 0.3) is 6.08 Å². The Morgan fingerprint density at radius 3 is 2.44 bits per heavy atom. The molecule has 34 heavy (non-hydrogen) atoms. The summed E-state index contributed by atoms with van der Waals surface area (Å²) in [5.74, 6) is 1.33. The molecule has 7 heteroatoms. The first-order chi connectivity index (χ1) is 16.1. The smallest absolute Gasteiger partial charge is 0.246 e. The molecule has 0 aliphatic carbocycles. The molecule has 2 fully saturated rings. The first kappa shape index (κ1) is 26.7. The number of β-amino-alcohol motifs (C(OH)–C–C–N with tert-alkyl or cyclic N) is 1. The summed E-state index contributed by atoms with van der Waals surface area (Å²) < 4.78 is 7.06. The van der Waals surface area contributed by atoms with Crippen molar-refractivity contribution >= 4 is 40.3 Å². The van der Waals surface area contributed by atoms with Crippen LogP contribution >= 0.6 is 28.3 Å². The van der Waals surface area contributed by atoms with E-state index < -0.39 is 6.10 Å². The molecule has 0 aromatic heterocycles. The van der Waals surface area contributed by atoms with Crippen LogP contribution in [0.5, 0.6) is 5.75 Å². The van der Waals surface area contributed by atoms with E-state index in [1.165, 1.54) is 5.56 Å². The fourth-order valence-electron chi connectivity index (χ4n) is 4.67. The average Bonchev–Trinajstić information content (AvgIpc) is 3.38. The van der Waals surface area contributed by atoms with Gasteiger partial charge in [0.2, 0.25) is 5.91 Å². The summed E-state index contributed by atoms with van der Waals surface area (Å²) >= 11 is 3.50. The monoisotopic (exact) mass is 548 g/mol. The van der Waals surface area contributed by atoms with Gasteiger partial charge in [0.05, 0.1) is 0 Å². The van der Waals surface area contributed by atoms with Crippen molar-refractivity contribution in [3.05, 3.63) is 70.2 Å². The maximum atomic E-state index is 12.3. The van der Waals surface area contributed by atoms with Gasteiger partial charge < -0.3 is 19.6 Å². The molecule has 1 atom stereocenters. The fourth-order valence-corrected chi connectivity index (χ4v) is 4.94. The van der Waals surface area contributed by atoms with E-state index in [-0.39, 0.29) is 24.9 Å². The Kier molecular flexibility index (Phi) is 10.5. The number of carbonyl (C=O) groups excluding carboxylic acids is 1. The number of likely N-dealkylation sites (tertiary alicyclic amines) is 2. The lowest BCUT2D eigenvalue weighted by Crippen LogP contribution is -2.40. The van der Waals surface area contributed by atoms with Crippen molar-refractivity contribution in [2.45, 2.75) is 37.7 Å². The molecule has 1 amide bonds. The average molecular weight is 550 g/mol. The summed E-state index contributed by atoms with van der Waals surface area (Å²) in [5.41, 5.74) is 2.25. The molecule has 4 rings (SSSR count). The van der Waals surface area contributed by atoms with E-state index in [0.717, 1.165) is 61.9 Å². The zero-order valence-corrected chi connectivity index (χ0v) is 21.8. The van der Waals surface area contributed by atoms with Crippen molar-refractivity contribution in [3.8, 4) is 5.75 Å². The first-order valence-electron chi connectivity index (χ1n) is 11.9. The normalized spacial score (nSPS) is 18.1. The van der Waals surface area contributed by atoms with Gasteiger partial charge in [-0.15, -0.1) is 12.4 Å². The number of nitrogens with zero attached hydrogens (tertiary/aromatic N) is 2. The van der Waals surface area contributed by atoms with E-state index in [4.69, 9.17) is 4.74 Å². The summed E-state index contributed by atoms with van der Waals surface area (Å²) in [5, 5.41) is 10.6. The number of aliphatic hydroxyl groups is 1. The first-order valence-corrected chi connectivity index (χ1v) is 12.7. The van der Waals surface area contributed by atoms with Gasteiger partial charge in [0.25, 0.3) is 0 Å². The maximum absolute atomic E-state index is 12.3. The molecule has 2 aromatic carbocycles. The molecule has 1 unspecified atom stereocenters. The van der Waals surface area contributed by atoms with Crippen LogP contribution in [0.3, 0.4) is 0 Å². The van der Waals surface area contributed by atoms with Crippen LogP contribution in [0.1, 0.15) is 42.7 Å². The molecule has 0 radical (unpaired) electrons. The van der Waals surface area contributed by atoms with Crippen LogP contribution in [-0.2, 0) is 4.79 Å². The third-order valence-electron chi connectivity index (χ3n) is 6.57. The molecular weight excluding hydrogens is 516 g/mol. The number of piperidine rings is 1. The van der Waals surface area contributed by atoms with Crippen LogP contribution in [0, 0.1) is 0 Å².